The van der Waals surface area contributed by atoms with Crippen LogP contribution in [0, 0.1) is 12.8 Å². The van der Waals surface area contributed by atoms with E-state index >= 15 is 0 Å². The Labute approximate surface area is 114 Å². The fourth-order valence-electron chi connectivity index (χ4n) is 2.06. The number of thioether (sulfide) groups is 1. The Morgan fingerprint density at radius 2 is 2.24 bits per heavy atom. The Kier molecular flexibility index (Phi) is 3.17. The molecule has 4 heteroatoms. The lowest BCUT2D eigenvalue weighted by molar-refractivity contribution is 0.773. The Morgan fingerprint density at radius 3 is 2.94 bits per heavy atom. The van der Waals surface area contributed by atoms with Crippen molar-refractivity contribution in [1.82, 2.24) is 0 Å². The lowest BCUT2D eigenvalue weighted by atomic mass is 10.2. The van der Waals surface area contributed by atoms with Gasteiger partial charge < -0.3 is 5.32 Å². The molecule has 1 saturated carbocycles. The smallest absolute Gasteiger partial charge is 0.161 e. The maximum atomic E-state index is 4.59. The molecule has 1 aromatic rings. The summed E-state index contributed by atoms with van der Waals surface area (Å²) in [5.74, 6) is 0.925. The molecule has 90 valence electrons. The normalized spacial score (nSPS) is 23.6. The third-order valence-corrected chi connectivity index (χ3v) is 5.04. The van der Waals surface area contributed by atoms with Crippen LogP contribution in [0.3, 0.4) is 0 Å². The second kappa shape index (κ2) is 4.65. The van der Waals surface area contributed by atoms with Gasteiger partial charge in [-0.3, -0.25) is 4.99 Å². The second-order valence-corrected chi connectivity index (χ2v) is 6.87. The van der Waals surface area contributed by atoms with Crippen LogP contribution in [-0.2, 0) is 0 Å². The van der Waals surface area contributed by atoms with Gasteiger partial charge in [-0.2, -0.15) is 0 Å². The van der Waals surface area contributed by atoms with Crippen LogP contribution in [0.5, 0.6) is 0 Å². The average Bonchev–Trinajstić information content (AvgIpc) is 3.04. The summed E-state index contributed by atoms with van der Waals surface area (Å²) in [6, 6.07) is 6.29. The number of nitrogens with zero attached hydrogens (tertiary/aromatic N) is 1. The highest BCUT2D eigenvalue weighted by atomic mass is 79.9. The first-order chi connectivity index (χ1) is 8.22. The molecular formula is C13H15BrN2S. The van der Waals surface area contributed by atoms with Gasteiger partial charge >= 0.3 is 0 Å². The minimum atomic E-state index is 0.730. The molecule has 1 aliphatic heterocycles. The van der Waals surface area contributed by atoms with E-state index in [0.717, 1.165) is 33.0 Å². The summed E-state index contributed by atoms with van der Waals surface area (Å²) in [4.78, 5) is 4.59. The highest BCUT2D eigenvalue weighted by molar-refractivity contribution is 9.10. The topological polar surface area (TPSA) is 24.4 Å². The zero-order valence-corrected chi connectivity index (χ0v) is 12.1. The predicted octanol–water partition coefficient (Wildman–Crippen LogP) is 4.05. The Balaban J connectivity index is 1.66. The van der Waals surface area contributed by atoms with E-state index in [-0.39, 0.29) is 0 Å². The number of hydrogen-bond donors (Lipinski definition) is 1. The lowest BCUT2D eigenvalue weighted by Crippen LogP contribution is -2.09. The zero-order chi connectivity index (χ0) is 11.8. The van der Waals surface area contributed by atoms with Crippen molar-refractivity contribution in [3.8, 4) is 0 Å². The third-order valence-electron chi connectivity index (χ3n) is 3.26. The van der Waals surface area contributed by atoms with Crippen molar-refractivity contribution in [3.05, 3.63) is 28.2 Å². The second-order valence-electron chi connectivity index (χ2n) is 4.72. The van der Waals surface area contributed by atoms with Gasteiger partial charge in [-0.25, -0.2) is 0 Å². The molecule has 0 spiro atoms. The fraction of sp³-hybridized carbons (Fsp3) is 0.462. The first kappa shape index (κ1) is 11.6. The minimum Gasteiger partial charge on any atom is -0.335 e. The summed E-state index contributed by atoms with van der Waals surface area (Å²) < 4.78 is 1.12. The molecule has 2 aliphatic rings. The van der Waals surface area contributed by atoms with Gasteiger partial charge in [0.15, 0.2) is 5.17 Å². The van der Waals surface area contributed by atoms with E-state index in [1.165, 1.54) is 18.4 Å². The number of amidine groups is 1. The van der Waals surface area contributed by atoms with Crippen LogP contribution in [0.25, 0.3) is 0 Å². The first-order valence-electron chi connectivity index (χ1n) is 5.96. The molecule has 1 atom stereocenters. The Morgan fingerprint density at radius 1 is 1.41 bits per heavy atom. The average molecular weight is 311 g/mol. The lowest BCUT2D eigenvalue weighted by Gasteiger charge is -2.10. The van der Waals surface area contributed by atoms with Crippen LogP contribution in [0.15, 0.2) is 27.7 Å². The molecule has 2 nitrogen and oxygen atoms in total. The van der Waals surface area contributed by atoms with E-state index in [9.17, 15) is 0 Å². The summed E-state index contributed by atoms with van der Waals surface area (Å²) in [5.41, 5.74) is 2.41. The Bertz CT molecular complexity index is 468. The number of anilines is 1. The van der Waals surface area contributed by atoms with Crippen molar-refractivity contribution >= 4 is 38.5 Å². The summed E-state index contributed by atoms with van der Waals surface area (Å²) in [6.07, 6.45) is 2.80. The number of hydrogen-bond acceptors (Lipinski definition) is 3. The maximum absolute atomic E-state index is 4.59. The molecule has 1 aliphatic carbocycles. The molecule has 0 radical (unpaired) electrons. The van der Waals surface area contributed by atoms with Crippen molar-refractivity contribution in [2.75, 3.05) is 11.9 Å². The number of aliphatic imine (C=N–C) groups is 1. The van der Waals surface area contributed by atoms with Crippen LogP contribution in [0.2, 0.25) is 0 Å². The number of rotatable bonds is 2. The van der Waals surface area contributed by atoms with E-state index < -0.39 is 0 Å². The molecule has 1 unspecified atom stereocenters. The molecule has 0 aromatic heterocycles. The third kappa shape index (κ3) is 2.68. The van der Waals surface area contributed by atoms with Gasteiger partial charge in [-0.05, 0) is 49.4 Å². The van der Waals surface area contributed by atoms with Crippen LogP contribution < -0.4 is 5.32 Å². The van der Waals surface area contributed by atoms with Gasteiger partial charge in [0.2, 0.25) is 0 Å². The molecule has 1 aromatic carbocycles. The first-order valence-corrected chi connectivity index (χ1v) is 7.64. The van der Waals surface area contributed by atoms with Crippen LogP contribution in [0.1, 0.15) is 18.4 Å². The molecule has 0 amide bonds. The molecule has 17 heavy (non-hydrogen) atoms. The van der Waals surface area contributed by atoms with E-state index in [4.69, 9.17) is 0 Å². The van der Waals surface area contributed by atoms with Gasteiger partial charge in [0, 0.05) is 15.4 Å². The molecule has 1 N–H and O–H groups in total. The van der Waals surface area contributed by atoms with Crippen molar-refractivity contribution in [3.63, 3.8) is 0 Å². The van der Waals surface area contributed by atoms with E-state index in [0.29, 0.717) is 0 Å². The standard InChI is InChI=1S/C13H15BrN2S/c1-8-6-10(14)4-5-11(8)16-13-15-7-12(17-13)9-2-3-9/h4-6,9,12H,2-3,7H2,1H3,(H,15,16). The fourth-order valence-corrected chi connectivity index (χ4v) is 3.75. The van der Waals surface area contributed by atoms with E-state index in [1.54, 1.807) is 0 Å². The van der Waals surface area contributed by atoms with Gasteiger partial charge in [-0.1, -0.05) is 27.7 Å². The van der Waals surface area contributed by atoms with Crippen molar-refractivity contribution in [2.24, 2.45) is 10.9 Å². The van der Waals surface area contributed by atoms with Crippen LogP contribution >= 0.6 is 27.7 Å². The molecule has 3 rings (SSSR count). The monoisotopic (exact) mass is 310 g/mol. The zero-order valence-electron chi connectivity index (χ0n) is 9.74. The summed E-state index contributed by atoms with van der Waals surface area (Å²) in [7, 11) is 0. The predicted molar refractivity (Wildman–Crippen MR) is 78.9 cm³/mol. The number of aryl methyl sites for hydroxylation is 1. The van der Waals surface area contributed by atoms with Crippen molar-refractivity contribution in [1.29, 1.82) is 0 Å². The molecular weight excluding hydrogens is 296 g/mol. The number of halogens is 1. The summed E-state index contributed by atoms with van der Waals surface area (Å²) >= 11 is 5.40. The number of benzene rings is 1. The van der Waals surface area contributed by atoms with Crippen molar-refractivity contribution < 1.29 is 0 Å². The molecule has 0 bridgehead atoms. The maximum Gasteiger partial charge on any atom is 0.161 e. The SMILES string of the molecule is Cc1cc(Br)ccc1NC1=NCC(C2CC2)S1. The molecule has 1 heterocycles. The van der Waals surface area contributed by atoms with E-state index in [1.807, 2.05) is 11.8 Å². The molecule has 1 fully saturated rings. The minimum absolute atomic E-state index is 0.730. The van der Waals surface area contributed by atoms with E-state index in [2.05, 4.69) is 51.4 Å². The van der Waals surface area contributed by atoms with Gasteiger partial charge in [0.05, 0.1) is 6.54 Å². The Hall–Kier alpha value is -0.480. The summed E-state index contributed by atoms with van der Waals surface area (Å²) in [6.45, 7) is 3.11. The quantitative estimate of drug-likeness (QED) is 0.891. The van der Waals surface area contributed by atoms with Crippen LogP contribution in [-0.4, -0.2) is 17.0 Å². The van der Waals surface area contributed by atoms with Crippen LogP contribution in [0.4, 0.5) is 5.69 Å². The highest BCUT2D eigenvalue weighted by Crippen LogP contribution is 2.42. The largest absolute Gasteiger partial charge is 0.335 e. The summed E-state index contributed by atoms with van der Waals surface area (Å²) in [5, 5.41) is 5.26. The molecule has 0 saturated heterocycles. The number of nitrogens with one attached hydrogen (secondary N) is 1. The van der Waals surface area contributed by atoms with Gasteiger partial charge in [0.1, 0.15) is 0 Å². The van der Waals surface area contributed by atoms with Crippen molar-refractivity contribution in [2.45, 2.75) is 25.0 Å². The van der Waals surface area contributed by atoms with Gasteiger partial charge in [-0.15, -0.1) is 0 Å². The highest BCUT2D eigenvalue weighted by Gasteiger charge is 2.35. The van der Waals surface area contributed by atoms with Gasteiger partial charge in [0.25, 0.3) is 0 Å².